The second-order valence-electron chi connectivity index (χ2n) is 2.86. The molecule has 2 rings (SSSR count). The molecule has 1 aliphatic rings. The second kappa shape index (κ2) is 2.85. The van der Waals surface area contributed by atoms with Crippen molar-refractivity contribution >= 4 is 33.2 Å². The van der Waals surface area contributed by atoms with Crippen molar-refractivity contribution in [3.63, 3.8) is 0 Å². The standard InChI is InChI=1S/C8H8BrNOS/c1-5-4-6(12-7(5)9)8(11)10-2-3-10/h4H,2-3H2,1H3. The molecule has 0 radical (unpaired) electrons. The van der Waals surface area contributed by atoms with Crippen molar-refractivity contribution in [3.8, 4) is 0 Å². The minimum Gasteiger partial charge on any atom is -0.334 e. The second-order valence-corrected chi connectivity index (χ2v) is 5.23. The van der Waals surface area contributed by atoms with Crippen LogP contribution < -0.4 is 0 Å². The van der Waals surface area contributed by atoms with Gasteiger partial charge in [0.15, 0.2) is 0 Å². The molecule has 0 bridgehead atoms. The summed E-state index contributed by atoms with van der Waals surface area (Å²) in [7, 11) is 0. The van der Waals surface area contributed by atoms with Crippen LogP contribution in [-0.2, 0) is 0 Å². The number of halogens is 1. The smallest absolute Gasteiger partial charge is 0.264 e. The Balaban J connectivity index is 2.27. The number of carbonyl (C=O) groups excluding carboxylic acids is 1. The summed E-state index contributed by atoms with van der Waals surface area (Å²) in [5.74, 6) is 0.175. The van der Waals surface area contributed by atoms with Crippen LogP contribution in [0.25, 0.3) is 0 Å². The number of hydrogen-bond acceptors (Lipinski definition) is 2. The molecule has 64 valence electrons. The highest BCUT2D eigenvalue weighted by molar-refractivity contribution is 9.11. The van der Waals surface area contributed by atoms with E-state index in [1.807, 2.05) is 17.9 Å². The van der Waals surface area contributed by atoms with E-state index in [0.29, 0.717) is 0 Å². The van der Waals surface area contributed by atoms with Crippen LogP contribution in [0.3, 0.4) is 0 Å². The molecule has 2 heterocycles. The molecular formula is C8H8BrNOS. The van der Waals surface area contributed by atoms with Crippen LogP contribution >= 0.6 is 27.3 Å². The zero-order chi connectivity index (χ0) is 8.72. The van der Waals surface area contributed by atoms with Crippen LogP contribution in [-0.4, -0.2) is 23.9 Å². The molecular weight excluding hydrogens is 238 g/mol. The lowest BCUT2D eigenvalue weighted by molar-refractivity contribution is 0.0890. The normalized spacial score (nSPS) is 15.0. The molecule has 0 saturated carbocycles. The first-order valence-corrected chi connectivity index (χ1v) is 5.34. The van der Waals surface area contributed by atoms with E-state index in [-0.39, 0.29) is 5.91 Å². The summed E-state index contributed by atoms with van der Waals surface area (Å²) in [6, 6.07) is 1.94. The number of aryl methyl sites for hydroxylation is 1. The average Bonchev–Trinajstić information content (AvgIpc) is 2.80. The molecule has 2 nitrogen and oxygen atoms in total. The summed E-state index contributed by atoms with van der Waals surface area (Å²) in [5, 5.41) is 0. The summed E-state index contributed by atoms with van der Waals surface area (Å²) >= 11 is 4.92. The number of amides is 1. The summed E-state index contributed by atoms with van der Waals surface area (Å²) < 4.78 is 1.06. The summed E-state index contributed by atoms with van der Waals surface area (Å²) in [5.41, 5.74) is 1.14. The Morgan fingerprint density at radius 2 is 2.33 bits per heavy atom. The van der Waals surface area contributed by atoms with Crippen molar-refractivity contribution < 1.29 is 4.79 Å². The monoisotopic (exact) mass is 245 g/mol. The first kappa shape index (κ1) is 8.26. The van der Waals surface area contributed by atoms with Crippen molar-refractivity contribution in [2.24, 2.45) is 0 Å². The van der Waals surface area contributed by atoms with Crippen LogP contribution in [0.5, 0.6) is 0 Å². The van der Waals surface area contributed by atoms with Gasteiger partial charge >= 0.3 is 0 Å². The van der Waals surface area contributed by atoms with E-state index < -0.39 is 0 Å². The van der Waals surface area contributed by atoms with Crippen molar-refractivity contribution in [1.29, 1.82) is 0 Å². The number of carbonyl (C=O) groups is 1. The van der Waals surface area contributed by atoms with E-state index in [4.69, 9.17) is 0 Å². The fourth-order valence-corrected chi connectivity index (χ4v) is 2.48. The maximum atomic E-state index is 11.5. The Bertz CT molecular complexity index is 310. The van der Waals surface area contributed by atoms with Gasteiger partial charge in [0.05, 0.1) is 8.66 Å². The fourth-order valence-electron chi connectivity index (χ4n) is 0.974. The van der Waals surface area contributed by atoms with Gasteiger partial charge in [0.25, 0.3) is 5.91 Å². The third kappa shape index (κ3) is 1.41. The summed E-state index contributed by atoms with van der Waals surface area (Å²) in [6.07, 6.45) is 0. The Hall–Kier alpha value is -0.350. The Labute approximate surface area is 83.3 Å². The van der Waals surface area contributed by atoms with E-state index in [2.05, 4.69) is 15.9 Å². The Morgan fingerprint density at radius 1 is 1.67 bits per heavy atom. The molecule has 0 aliphatic carbocycles. The predicted molar refractivity (Wildman–Crippen MR) is 52.7 cm³/mol. The van der Waals surface area contributed by atoms with E-state index in [0.717, 1.165) is 27.3 Å². The molecule has 0 spiro atoms. The van der Waals surface area contributed by atoms with Crippen LogP contribution in [0.1, 0.15) is 15.2 Å². The Morgan fingerprint density at radius 3 is 2.75 bits per heavy atom. The molecule has 4 heteroatoms. The topological polar surface area (TPSA) is 20.1 Å². The van der Waals surface area contributed by atoms with Crippen LogP contribution in [0.4, 0.5) is 0 Å². The van der Waals surface area contributed by atoms with Gasteiger partial charge in [-0.1, -0.05) is 0 Å². The largest absolute Gasteiger partial charge is 0.334 e. The maximum absolute atomic E-state index is 11.5. The quantitative estimate of drug-likeness (QED) is 0.696. The molecule has 1 fully saturated rings. The molecule has 0 N–H and O–H groups in total. The lowest BCUT2D eigenvalue weighted by Gasteiger charge is -1.94. The van der Waals surface area contributed by atoms with Crippen LogP contribution in [0.2, 0.25) is 0 Å². The predicted octanol–water partition coefficient (Wildman–Crippen LogP) is 2.27. The zero-order valence-electron chi connectivity index (χ0n) is 6.63. The summed E-state index contributed by atoms with van der Waals surface area (Å²) in [4.78, 5) is 14.2. The average molecular weight is 246 g/mol. The lowest BCUT2D eigenvalue weighted by Crippen LogP contribution is -2.07. The van der Waals surface area contributed by atoms with Gasteiger partial charge in [-0.3, -0.25) is 4.79 Å². The lowest BCUT2D eigenvalue weighted by atomic mass is 10.3. The highest BCUT2D eigenvalue weighted by Crippen LogP contribution is 2.29. The highest BCUT2D eigenvalue weighted by Gasteiger charge is 2.26. The van der Waals surface area contributed by atoms with Gasteiger partial charge in [-0.15, -0.1) is 11.3 Å². The Kier molecular flexibility index (Phi) is 1.96. The SMILES string of the molecule is Cc1cc(C(=O)N2CC2)sc1Br. The van der Waals surface area contributed by atoms with Gasteiger partial charge in [-0.25, -0.2) is 0 Å². The highest BCUT2D eigenvalue weighted by atomic mass is 79.9. The minimum atomic E-state index is 0.175. The molecule has 1 aromatic heterocycles. The van der Waals surface area contributed by atoms with Gasteiger partial charge in [-0.05, 0) is 34.5 Å². The van der Waals surface area contributed by atoms with E-state index in [1.165, 1.54) is 11.3 Å². The number of nitrogens with zero attached hydrogens (tertiary/aromatic N) is 1. The molecule has 1 amide bonds. The first-order valence-electron chi connectivity index (χ1n) is 3.73. The molecule has 1 aliphatic heterocycles. The van der Waals surface area contributed by atoms with Gasteiger partial charge in [-0.2, -0.15) is 0 Å². The summed E-state index contributed by atoms with van der Waals surface area (Å²) in [6.45, 7) is 3.85. The van der Waals surface area contributed by atoms with Crippen molar-refractivity contribution in [3.05, 3.63) is 20.3 Å². The number of rotatable bonds is 1. The van der Waals surface area contributed by atoms with Gasteiger partial charge in [0.2, 0.25) is 0 Å². The van der Waals surface area contributed by atoms with Crippen molar-refractivity contribution in [1.82, 2.24) is 4.90 Å². The fraction of sp³-hybridized carbons (Fsp3) is 0.375. The van der Waals surface area contributed by atoms with Crippen LogP contribution in [0.15, 0.2) is 9.85 Å². The van der Waals surface area contributed by atoms with E-state index in [9.17, 15) is 4.79 Å². The van der Waals surface area contributed by atoms with E-state index in [1.54, 1.807) is 0 Å². The third-order valence-electron chi connectivity index (χ3n) is 1.80. The van der Waals surface area contributed by atoms with Crippen molar-refractivity contribution in [2.75, 3.05) is 13.1 Å². The minimum absolute atomic E-state index is 0.175. The van der Waals surface area contributed by atoms with Gasteiger partial charge in [0.1, 0.15) is 0 Å². The molecule has 12 heavy (non-hydrogen) atoms. The molecule has 0 aromatic carbocycles. The van der Waals surface area contributed by atoms with Crippen molar-refractivity contribution in [2.45, 2.75) is 6.92 Å². The zero-order valence-corrected chi connectivity index (χ0v) is 9.04. The number of thiophene rings is 1. The van der Waals surface area contributed by atoms with Crippen LogP contribution in [0, 0.1) is 6.92 Å². The molecule has 0 atom stereocenters. The van der Waals surface area contributed by atoms with Gasteiger partial charge in [0, 0.05) is 13.1 Å². The molecule has 0 unspecified atom stereocenters. The molecule has 1 saturated heterocycles. The van der Waals surface area contributed by atoms with E-state index >= 15 is 0 Å². The number of hydrogen-bond donors (Lipinski definition) is 0. The third-order valence-corrected chi connectivity index (χ3v) is 3.93. The van der Waals surface area contributed by atoms with Gasteiger partial charge < -0.3 is 4.90 Å². The first-order chi connectivity index (χ1) is 5.68. The molecule has 1 aromatic rings. The maximum Gasteiger partial charge on any atom is 0.264 e.